The largest absolute Gasteiger partial charge is 0.496 e. The second-order valence-electron chi connectivity index (χ2n) is 5.73. The highest BCUT2D eigenvalue weighted by atomic mass is 35.5. The zero-order chi connectivity index (χ0) is 18.5. The van der Waals surface area contributed by atoms with Crippen molar-refractivity contribution in [2.75, 3.05) is 13.9 Å². The van der Waals surface area contributed by atoms with E-state index < -0.39 is 0 Å². The summed E-state index contributed by atoms with van der Waals surface area (Å²) in [4.78, 5) is 24.4. The van der Waals surface area contributed by atoms with Crippen LogP contribution >= 0.6 is 11.6 Å². The molecule has 1 amide bonds. The summed E-state index contributed by atoms with van der Waals surface area (Å²) in [7, 11) is 1.48. The summed E-state index contributed by atoms with van der Waals surface area (Å²) < 4.78 is 15.7. The Bertz CT molecular complexity index is 837. The molecule has 0 spiro atoms. The minimum absolute atomic E-state index is 0.0731. The number of ketones is 1. The first kappa shape index (κ1) is 18.1. The molecule has 6 nitrogen and oxygen atoms in total. The summed E-state index contributed by atoms with van der Waals surface area (Å²) in [6, 6.07) is 10.3. The van der Waals surface area contributed by atoms with Crippen LogP contribution in [0.5, 0.6) is 17.2 Å². The topological polar surface area (TPSA) is 73.9 Å². The molecule has 0 fully saturated rings. The Balaban J connectivity index is 1.51. The van der Waals surface area contributed by atoms with Crippen LogP contribution < -0.4 is 19.5 Å². The number of Topliss-reactive ketones (excluding diaryl/α,β-unsaturated/α-hetero) is 1. The molecule has 1 N–H and O–H groups in total. The fraction of sp³-hybridized carbons (Fsp3) is 0.263. The minimum atomic E-state index is -0.211. The van der Waals surface area contributed by atoms with E-state index >= 15 is 0 Å². The van der Waals surface area contributed by atoms with Gasteiger partial charge in [0.05, 0.1) is 12.7 Å². The van der Waals surface area contributed by atoms with Crippen molar-refractivity contribution in [1.29, 1.82) is 0 Å². The van der Waals surface area contributed by atoms with Crippen molar-refractivity contribution in [1.82, 2.24) is 5.32 Å². The molecule has 0 atom stereocenters. The molecule has 2 aromatic rings. The molecule has 26 heavy (non-hydrogen) atoms. The molecule has 0 aromatic heterocycles. The summed E-state index contributed by atoms with van der Waals surface area (Å²) in [5.41, 5.74) is 1.27. The van der Waals surface area contributed by atoms with E-state index in [4.69, 9.17) is 25.8 Å². The Kier molecular flexibility index (Phi) is 5.63. The van der Waals surface area contributed by atoms with Crippen LogP contribution in [-0.4, -0.2) is 25.6 Å². The monoisotopic (exact) mass is 375 g/mol. The molecule has 0 saturated carbocycles. The van der Waals surface area contributed by atoms with Gasteiger partial charge in [-0.2, -0.15) is 0 Å². The second-order valence-corrected chi connectivity index (χ2v) is 6.17. The van der Waals surface area contributed by atoms with Crippen LogP contribution in [0.25, 0.3) is 0 Å². The first-order chi connectivity index (χ1) is 12.6. The van der Waals surface area contributed by atoms with Gasteiger partial charge in [0.15, 0.2) is 17.3 Å². The average molecular weight is 376 g/mol. The summed E-state index contributed by atoms with van der Waals surface area (Å²) in [5.74, 6) is 1.40. The standard InChI is InChI=1S/C19H18ClNO5/c1-24-16-6-3-13(20)9-14(16)15(22)4-7-19(23)21-10-12-2-5-17-18(8-12)26-11-25-17/h2-3,5-6,8-9H,4,7,10-11H2,1H3,(H,21,23). The molecule has 0 saturated heterocycles. The molecular formula is C19H18ClNO5. The molecule has 1 heterocycles. The van der Waals surface area contributed by atoms with E-state index in [-0.39, 0.29) is 31.3 Å². The highest BCUT2D eigenvalue weighted by Crippen LogP contribution is 2.32. The molecule has 0 unspecified atom stereocenters. The van der Waals surface area contributed by atoms with Crippen molar-refractivity contribution < 1.29 is 23.8 Å². The zero-order valence-corrected chi connectivity index (χ0v) is 15.0. The minimum Gasteiger partial charge on any atom is -0.496 e. The van der Waals surface area contributed by atoms with Crippen LogP contribution in [0.3, 0.4) is 0 Å². The van der Waals surface area contributed by atoms with Crippen molar-refractivity contribution in [3.8, 4) is 17.2 Å². The fourth-order valence-electron chi connectivity index (χ4n) is 2.60. The van der Waals surface area contributed by atoms with Crippen molar-refractivity contribution in [2.24, 2.45) is 0 Å². The summed E-state index contributed by atoms with van der Waals surface area (Å²) in [6.45, 7) is 0.560. The summed E-state index contributed by atoms with van der Waals surface area (Å²) in [5, 5.41) is 3.24. The predicted octanol–water partition coefficient (Wildman–Crippen LogP) is 3.36. The molecule has 0 radical (unpaired) electrons. The first-order valence-electron chi connectivity index (χ1n) is 8.09. The number of amides is 1. The van der Waals surface area contributed by atoms with E-state index in [0.717, 1.165) is 5.56 Å². The van der Waals surface area contributed by atoms with Gasteiger partial charge in [-0.3, -0.25) is 9.59 Å². The van der Waals surface area contributed by atoms with E-state index in [1.54, 1.807) is 24.3 Å². The van der Waals surface area contributed by atoms with Crippen molar-refractivity contribution >= 4 is 23.3 Å². The van der Waals surface area contributed by atoms with E-state index in [0.29, 0.717) is 34.4 Å². The molecule has 3 rings (SSSR count). The molecular weight excluding hydrogens is 358 g/mol. The third-order valence-corrected chi connectivity index (χ3v) is 4.20. The van der Waals surface area contributed by atoms with Crippen molar-refractivity contribution in [3.63, 3.8) is 0 Å². The molecule has 1 aliphatic rings. The highest BCUT2D eigenvalue weighted by molar-refractivity contribution is 6.31. The van der Waals surface area contributed by atoms with Crippen molar-refractivity contribution in [2.45, 2.75) is 19.4 Å². The number of halogens is 1. The number of nitrogens with one attached hydrogen (secondary N) is 1. The summed E-state index contributed by atoms with van der Waals surface area (Å²) in [6.07, 6.45) is 0.155. The van der Waals surface area contributed by atoms with Gasteiger partial charge in [0.25, 0.3) is 0 Å². The molecule has 0 aliphatic carbocycles. The number of fused-ring (bicyclic) bond motifs is 1. The van der Waals surface area contributed by atoms with Gasteiger partial charge in [0.1, 0.15) is 5.75 Å². The maximum atomic E-state index is 12.3. The Hall–Kier alpha value is -2.73. The van der Waals surface area contributed by atoms with E-state index in [1.807, 2.05) is 12.1 Å². The lowest BCUT2D eigenvalue weighted by molar-refractivity contribution is -0.121. The second kappa shape index (κ2) is 8.10. The number of carbonyl (C=O) groups excluding carboxylic acids is 2. The Labute approximate surface area is 156 Å². The quantitative estimate of drug-likeness (QED) is 0.751. The maximum absolute atomic E-state index is 12.3. The van der Waals surface area contributed by atoms with Crippen LogP contribution in [0, 0.1) is 0 Å². The lowest BCUT2D eigenvalue weighted by Gasteiger charge is -2.09. The average Bonchev–Trinajstić information content (AvgIpc) is 3.12. The van der Waals surface area contributed by atoms with E-state index in [1.165, 1.54) is 7.11 Å². The lowest BCUT2D eigenvalue weighted by Crippen LogP contribution is -2.23. The van der Waals surface area contributed by atoms with Gasteiger partial charge in [-0.25, -0.2) is 0 Å². The van der Waals surface area contributed by atoms with Gasteiger partial charge in [-0.15, -0.1) is 0 Å². The number of ether oxygens (including phenoxy) is 3. The van der Waals surface area contributed by atoms with E-state index in [9.17, 15) is 9.59 Å². The maximum Gasteiger partial charge on any atom is 0.231 e. The molecule has 2 aromatic carbocycles. The van der Waals surface area contributed by atoms with Crippen LogP contribution in [0.2, 0.25) is 5.02 Å². The van der Waals surface area contributed by atoms with Crippen molar-refractivity contribution in [3.05, 3.63) is 52.5 Å². The SMILES string of the molecule is COc1ccc(Cl)cc1C(=O)CCC(=O)NCc1ccc2c(c1)OCO2. The highest BCUT2D eigenvalue weighted by Gasteiger charge is 2.16. The number of benzene rings is 2. The number of hydrogen-bond acceptors (Lipinski definition) is 5. The van der Waals surface area contributed by atoms with E-state index in [2.05, 4.69) is 5.32 Å². The van der Waals surface area contributed by atoms with Crippen LogP contribution in [0.1, 0.15) is 28.8 Å². The van der Waals surface area contributed by atoms with Crippen LogP contribution in [0.15, 0.2) is 36.4 Å². The van der Waals surface area contributed by atoms with Crippen LogP contribution in [0.4, 0.5) is 0 Å². The Morgan fingerprint density at radius 1 is 1.12 bits per heavy atom. The first-order valence-corrected chi connectivity index (χ1v) is 8.46. The zero-order valence-electron chi connectivity index (χ0n) is 14.2. The normalized spacial score (nSPS) is 11.9. The molecule has 1 aliphatic heterocycles. The fourth-order valence-corrected chi connectivity index (χ4v) is 2.77. The van der Waals surface area contributed by atoms with Gasteiger partial charge in [0, 0.05) is 24.4 Å². The van der Waals surface area contributed by atoms with Crippen LogP contribution in [-0.2, 0) is 11.3 Å². The Morgan fingerprint density at radius 3 is 2.73 bits per heavy atom. The van der Waals surface area contributed by atoms with Gasteiger partial charge < -0.3 is 19.5 Å². The number of methoxy groups -OCH3 is 1. The molecule has 7 heteroatoms. The third kappa shape index (κ3) is 4.26. The summed E-state index contributed by atoms with van der Waals surface area (Å²) >= 11 is 5.93. The third-order valence-electron chi connectivity index (χ3n) is 3.97. The van der Waals surface area contributed by atoms with Gasteiger partial charge in [-0.1, -0.05) is 17.7 Å². The number of rotatable bonds is 7. The molecule has 136 valence electrons. The van der Waals surface area contributed by atoms with Gasteiger partial charge in [0.2, 0.25) is 12.7 Å². The Morgan fingerprint density at radius 2 is 1.92 bits per heavy atom. The van der Waals surface area contributed by atoms with Gasteiger partial charge in [-0.05, 0) is 35.9 Å². The predicted molar refractivity (Wildman–Crippen MR) is 96.0 cm³/mol. The number of carbonyl (C=O) groups is 2. The lowest BCUT2D eigenvalue weighted by atomic mass is 10.1. The number of hydrogen-bond donors (Lipinski definition) is 1. The molecule has 0 bridgehead atoms. The smallest absolute Gasteiger partial charge is 0.231 e. The van der Waals surface area contributed by atoms with Gasteiger partial charge >= 0.3 is 0 Å².